The second-order valence-corrected chi connectivity index (χ2v) is 12.3. The number of sulfonamides is 2. The number of benzene rings is 4. The summed E-state index contributed by atoms with van der Waals surface area (Å²) < 4.78 is 75.1. The highest BCUT2D eigenvalue weighted by atomic mass is 32.2. The summed E-state index contributed by atoms with van der Waals surface area (Å²) in [7, 11) is -8.03. The monoisotopic (exact) mass is 584 g/mol. The van der Waals surface area contributed by atoms with Crippen LogP contribution in [0.4, 0.5) is 15.8 Å². The van der Waals surface area contributed by atoms with E-state index in [0.717, 1.165) is 17.2 Å². The zero-order chi connectivity index (χ0) is 29.1. The van der Waals surface area contributed by atoms with E-state index in [1.54, 1.807) is 31.2 Å². The van der Waals surface area contributed by atoms with Crippen molar-refractivity contribution in [1.29, 1.82) is 0 Å². The molecule has 0 unspecified atom stereocenters. The van der Waals surface area contributed by atoms with Crippen molar-refractivity contribution in [2.45, 2.75) is 30.3 Å². The van der Waals surface area contributed by atoms with Crippen molar-refractivity contribution >= 4 is 37.4 Å². The molecule has 0 bridgehead atoms. The Kier molecular flexibility index (Phi) is 8.12. The SMILES string of the molecule is Cc1ccc(S(=O)(=O)Nc2ccc(Oc3ccc(NS(=O)(=O)c4ccc(C)cc4)c(C(=O)O)c3)cc2CF)cc1. The van der Waals surface area contributed by atoms with E-state index >= 15 is 0 Å². The predicted molar refractivity (Wildman–Crippen MR) is 149 cm³/mol. The number of aryl methyl sites for hydroxylation is 2. The van der Waals surface area contributed by atoms with Gasteiger partial charge in [0.1, 0.15) is 18.2 Å². The zero-order valence-electron chi connectivity index (χ0n) is 21.4. The van der Waals surface area contributed by atoms with Gasteiger partial charge in [-0.05, 0) is 74.5 Å². The third kappa shape index (κ3) is 6.58. The fourth-order valence-electron chi connectivity index (χ4n) is 3.67. The molecule has 40 heavy (non-hydrogen) atoms. The molecule has 0 fully saturated rings. The van der Waals surface area contributed by atoms with Crippen molar-refractivity contribution < 1.29 is 35.9 Å². The fraction of sp³-hybridized carbons (Fsp3) is 0.107. The van der Waals surface area contributed by atoms with Gasteiger partial charge in [-0.3, -0.25) is 9.44 Å². The molecule has 0 saturated heterocycles. The maximum Gasteiger partial charge on any atom is 0.337 e. The average molecular weight is 585 g/mol. The Hall–Kier alpha value is -4.42. The van der Waals surface area contributed by atoms with Crippen LogP contribution in [0.5, 0.6) is 11.5 Å². The molecule has 0 aliphatic heterocycles. The Balaban J connectivity index is 1.56. The molecule has 0 spiro atoms. The smallest absolute Gasteiger partial charge is 0.337 e. The number of rotatable bonds is 10. The normalized spacial score (nSPS) is 11.6. The number of hydrogen-bond acceptors (Lipinski definition) is 6. The number of nitrogens with one attached hydrogen (secondary N) is 2. The summed E-state index contributed by atoms with van der Waals surface area (Å²) >= 11 is 0. The maximum atomic E-state index is 13.8. The Morgan fingerprint density at radius 1 is 0.725 bits per heavy atom. The highest BCUT2D eigenvalue weighted by molar-refractivity contribution is 7.93. The quantitative estimate of drug-likeness (QED) is 0.212. The Bertz CT molecular complexity index is 1770. The molecule has 4 rings (SSSR count). The highest BCUT2D eigenvalue weighted by Gasteiger charge is 2.20. The summed E-state index contributed by atoms with van der Waals surface area (Å²) in [5, 5.41) is 9.69. The van der Waals surface area contributed by atoms with Crippen LogP contribution in [0.2, 0.25) is 0 Å². The Morgan fingerprint density at radius 3 is 1.65 bits per heavy atom. The molecule has 4 aromatic carbocycles. The molecule has 0 atom stereocenters. The first-order chi connectivity index (χ1) is 18.9. The van der Waals surface area contributed by atoms with Gasteiger partial charge in [0.05, 0.1) is 26.7 Å². The van der Waals surface area contributed by atoms with Gasteiger partial charge in [-0.2, -0.15) is 0 Å². The summed E-state index contributed by atoms with van der Waals surface area (Å²) in [6, 6.07) is 19.9. The van der Waals surface area contributed by atoms with Crippen LogP contribution >= 0.6 is 0 Å². The minimum Gasteiger partial charge on any atom is -0.478 e. The van der Waals surface area contributed by atoms with Gasteiger partial charge < -0.3 is 9.84 Å². The number of ether oxygens (including phenoxy) is 1. The van der Waals surface area contributed by atoms with Crippen LogP contribution in [0.1, 0.15) is 27.0 Å². The largest absolute Gasteiger partial charge is 0.478 e. The van der Waals surface area contributed by atoms with E-state index in [-0.39, 0.29) is 43.8 Å². The second kappa shape index (κ2) is 11.4. The number of halogens is 1. The van der Waals surface area contributed by atoms with E-state index in [4.69, 9.17) is 4.74 Å². The number of aromatic carboxylic acids is 1. The number of alkyl halides is 1. The van der Waals surface area contributed by atoms with E-state index < -0.39 is 32.7 Å². The summed E-state index contributed by atoms with van der Waals surface area (Å²) in [5.74, 6) is -1.26. The van der Waals surface area contributed by atoms with Crippen molar-refractivity contribution in [3.05, 3.63) is 107 Å². The molecule has 208 valence electrons. The minimum absolute atomic E-state index is 0.00544. The van der Waals surface area contributed by atoms with Crippen LogP contribution in [-0.4, -0.2) is 27.9 Å². The van der Waals surface area contributed by atoms with Crippen molar-refractivity contribution in [2.24, 2.45) is 0 Å². The van der Waals surface area contributed by atoms with Gasteiger partial charge in [-0.1, -0.05) is 35.4 Å². The third-order valence-corrected chi connectivity index (χ3v) is 8.59. The van der Waals surface area contributed by atoms with E-state index in [9.17, 15) is 31.1 Å². The van der Waals surface area contributed by atoms with Crippen LogP contribution in [0.25, 0.3) is 0 Å². The first kappa shape index (κ1) is 28.6. The lowest BCUT2D eigenvalue weighted by atomic mass is 10.1. The number of carbonyl (C=O) groups is 1. The van der Waals surface area contributed by atoms with Gasteiger partial charge >= 0.3 is 5.97 Å². The molecule has 12 heteroatoms. The fourth-order valence-corrected chi connectivity index (χ4v) is 5.86. The van der Waals surface area contributed by atoms with Crippen molar-refractivity contribution in [3.8, 4) is 11.5 Å². The second-order valence-electron chi connectivity index (χ2n) is 8.90. The van der Waals surface area contributed by atoms with Crippen molar-refractivity contribution in [2.75, 3.05) is 9.44 Å². The van der Waals surface area contributed by atoms with Gasteiger partial charge in [0, 0.05) is 5.56 Å². The molecule has 0 aromatic heterocycles. The number of carboxylic acids is 1. The summed E-state index contributed by atoms with van der Waals surface area (Å²) in [5.41, 5.74) is 1.20. The molecule has 4 aromatic rings. The summed E-state index contributed by atoms with van der Waals surface area (Å²) in [4.78, 5) is 11.9. The van der Waals surface area contributed by atoms with Gasteiger partial charge in [0.15, 0.2) is 0 Å². The molecule has 0 saturated carbocycles. The summed E-state index contributed by atoms with van der Waals surface area (Å²) in [6.07, 6.45) is 0. The van der Waals surface area contributed by atoms with Crippen LogP contribution in [0.15, 0.2) is 94.7 Å². The maximum absolute atomic E-state index is 13.8. The Labute approximate surface area is 231 Å². The van der Waals surface area contributed by atoms with Crippen LogP contribution in [-0.2, 0) is 26.7 Å². The number of carboxylic acid groups (broad SMARTS) is 1. The topological polar surface area (TPSA) is 139 Å². The minimum atomic E-state index is -4.06. The number of hydrogen-bond donors (Lipinski definition) is 3. The van der Waals surface area contributed by atoms with Crippen LogP contribution in [0, 0.1) is 13.8 Å². The lowest BCUT2D eigenvalue weighted by molar-refractivity contribution is 0.0697. The molecular weight excluding hydrogens is 559 g/mol. The molecular formula is C28H25FN2O7S2. The molecule has 0 heterocycles. The first-order valence-corrected chi connectivity index (χ1v) is 14.8. The molecule has 0 aliphatic carbocycles. The van der Waals surface area contributed by atoms with Crippen LogP contribution in [0.3, 0.4) is 0 Å². The Morgan fingerprint density at radius 2 is 1.18 bits per heavy atom. The third-order valence-electron chi connectivity index (χ3n) is 5.83. The molecule has 0 aliphatic rings. The lowest BCUT2D eigenvalue weighted by Gasteiger charge is -2.15. The molecule has 3 N–H and O–H groups in total. The number of anilines is 2. The average Bonchev–Trinajstić information content (AvgIpc) is 2.90. The van der Waals surface area contributed by atoms with Gasteiger partial charge in [-0.15, -0.1) is 0 Å². The van der Waals surface area contributed by atoms with E-state index in [1.807, 2.05) is 6.92 Å². The van der Waals surface area contributed by atoms with Crippen molar-refractivity contribution in [3.63, 3.8) is 0 Å². The van der Waals surface area contributed by atoms with Gasteiger partial charge in [0.25, 0.3) is 20.0 Å². The standard InChI is InChI=1S/C28H25FN2O7S2/c1-18-3-9-23(10-4-18)39(34,35)30-26-13-7-21(15-20(26)17-29)38-22-8-14-27(25(16-22)28(32)33)31-40(36,37)24-11-5-19(2)6-12-24/h3-16,30-31H,17H2,1-2H3,(H,32,33). The van der Waals surface area contributed by atoms with Crippen LogP contribution < -0.4 is 14.2 Å². The van der Waals surface area contributed by atoms with Gasteiger partial charge in [-0.25, -0.2) is 26.0 Å². The van der Waals surface area contributed by atoms with Gasteiger partial charge in [0.2, 0.25) is 0 Å². The van der Waals surface area contributed by atoms with E-state index in [0.29, 0.717) is 0 Å². The molecule has 0 radical (unpaired) electrons. The molecule has 9 nitrogen and oxygen atoms in total. The van der Waals surface area contributed by atoms with E-state index in [2.05, 4.69) is 9.44 Å². The predicted octanol–water partition coefficient (Wildman–Crippen LogP) is 5.87. The first-order valence-electron chi connectivity index (χ1n) is 11.8. The summed E-state index contributed by atoms with van der Waals surface area (Å²) in [6.45, 7) is 2.61. The zero-order valence-corrected chi connectivity index (χ0v) is 23.0. The highest BCUT2D eigenvalue weighted by Crippen LogP contribution is 2.31. The van der Waals surface area contributed by atoms with Crippen molar-refractivity contribution in [1.82, 2.24) is 0 Å². The van der Waals surface area contributed by atoms with E-state index in [1.165, 1.54) is 54.6 Å². The molecule has 0 amide bonds. The lowest BCUT2D eigenvalue weighted by Crippen LogP contribution is -2.15.